The molecule has 0 saturated heterocycles. The van der Waals surface area contributed by atoms with E-state index in [1.807, 2.05) is 19.1 Å². The Kier molecular flexibility index (Phi) is 6.85. The average Bonchev–Trinajstić information content (AvgIpc) is 2.39. The van der Waals surface area contributed by atoms with Crippen LogP contribution < -0.4 is 5.32 Å². The lowest BCUT2D eigenvalue weighted by Crippen LogP contribution is -2.27. The quantitative estimate of drug-likeness (QED) is 0.577. The van der Waals surface area contributed by atoms with Crippen LogP contribution in [0.3, 0.4) is 0 Å². The lowest BCUT2D eigenvalue weighted by atomic mass is 10.1. The fourth-order valence-corrected chi connectivity index (χ4v) is 1.50. The first-order valence-electron chi connectivity index (χ1n) is 6.21. The van der Waals surface area contributed by atoms with E-state index >= 15 is 0 Å². The molecule has 0 fully saturated rings. The van der Waals surface area contributed by atoms with Crippen molar-refractivity contribution in [2.24, 2.45) is 0 Å². The molecule has 104 valence electrons. The Balaban J connectivity index is 2.30. The van der Waals surface area contributed by atoms with Crippen LogP contribution in [0.15, 0.2) is 36.4 Å². The number of carbonyl (C=O) groups is 1. The summed E-state index contributed by atoms with van der Waals surface area (Å²) >= 11 is 0. The van der Waals surface area contributed by atoms with Gasteiger partial charge in [0.1, 0.15) is 0 Å². The van der Waals surface area contributed by atoms with Gasteiger partial charge < -0.3 is 14.8 Å². The molecule has 0 aromatic heterocycles. The first-order valence-corrected chi connectivity index (χ1v) is 6.21. The highest BCUT2D eigenvalue weighted by Crippen LogP contribution is 2.05. The van der Waals surface area contributed by atoms with Crippen LogP contribution in [0.25, 0.3) is 0 Å². The maximum absolute atomic E-state index is 11.8. The molecule has 0 atom stereocenters. The van der Waals surface area contributed by atoms with Crippen LogP contribution in [0, 0.1) is 0 Å². The number of hydrogen-bond acceptors (Lipinski definition) is 3. The van der Waals surface area contributed by atoms with E-state index in [0.717, 1.165) is 11.1 Å². The monoisotopic (exact) mass is 263 g/mol. The summed E-state index contributed by atoms with van der Waals surface area (Å²) in [6.45, 7) is 7.70. The molecular formula is C15H21NO3. The number of ether oxygens (including phenoxy) is 2. The van der Waals surface area contributed by atoms with Crippen molar-refractivity contribution >= 4 is 5.91 Å². The summed E-state index contributed by atoms with van der Waals surface area (Å²) in [5.74, 6) is -0.0945. The second-order valence-corrected chi connectivity index (χ2v) is 4.40. The van der Waals surface area contributed by atoms with Gasteiger partial charge in [-0.3, -0.25) is 4.79 Å². The molecule has 19 heavy (non-hydrogen) atoms. The summed E-state index contributed by atoms with van der Waals surface area (Å²) in [5, 5.41) is 2.80. The zero-order valence-electron chi connectivity index (χ0n) is 11.6. The molecule has 0 unspecified atom stereocenters. The minimum Gasteiger partial charge on any atom is -0.380 e. The molecule has 0 bridgehead atoms. The molecule has 0 aliphatic heterocycles. The van der Waals surface area contributed by atoms with Crippen LogP contribution in [-0.2, 0) is 16.1 Å². The topological polar surface area (TPSA) is 47.6 Å². The van der Waals surface area contributed by atoms with Gasteiger partial charge in [-0.2, -0.15) is 0 Å². The Morgan fingerprint density at radius 1 is 1.32 bits per heavy atom. The number of methoxy groups -OCH3 is 1. The Bertz CT molecular complexity index is 412. The van der Waals surface area contributed by atoms with Gasteiger partial charge in [0.25, 0.3) is 5.91 Å². The molecule has 0 saturated carbocycles. The van der Waals surface area contributed by atoms with Crippen LogP contribution in [-0.4, -0.2) is 32.8 Å². The van der Waals surface area contributed by atoms with E-state index in [-0.39, 0.29) is 5.91 Å². The Morgan fingerprint density at radius 2 is 2.00 bits per heavy atom. The third-order valence-electron chi connectivity index (χ3n) is 2.41. The van der Waals surface area contributed by atoms with Crippen molar-refractivity contribution in [3.63, 3.8) is 0 Å². The molecule has 4 heteroatoms. The first-order chi connectivity index (χ1) is 9.13. The summed E-state index contributed by atoms with van der Waals surface area (Å²) in [7, 11) is 1.64. The van der Waals surface area contributed by atoms with Crippen molar-refractivity contribution < 1.29 is 14.3 Å². The van der Waals surface area contributed by atoms with Crippen molar-refractivity contribution in [2.45, 2.75) is 13.5 Å². The molecule has 0 aliphatic carbocycles. The van der Waals surface area contributed by atoms with E-state index in [4.69, 9.17) is 9.47 Å². The van der Waals surface area contributed by atoms with E-state index in [0.29, 0.717) is 31.9 Å². The smallest absolute Gasteiger partial charge is 0.251 e. The van der Waals surface area contributed by atoms with Crippen molar-refractivity contribution in [3.05, 3.63) is 47.5 Å². The second-order valence-electron chi connectivity index (χ2n) is 4.40. The third kappa shape index (κ3) is 6.18. The third-order valence-corrected chi connectivity index (χ3v) is 2.41. The number of carbonyl (C=O) groups excluding carboxylic acids is 1. The highest BCUT2D eigenvalue weighted by atomic mass is 16.5. The maximum atomic E-state index is 11.8. The molecule has 4 nitrogen and oxygen atoms in total. The molecule has 0 spiro atoms. The Labute approximate surface area is 114 Å². The second kappa shape index (κ2) is 8.45. The fourth-order valence-electron chi connectivity index (χ4n) is 1.50. The summed E-state index contributed by atoms with van der Waals surface area (Å²) in [6, 6.07) is 7.35. The molecule has 1 aromatic rings. The molecule has 1 N–H and O–H groups in total. The van der Waals surface area contributed by atoms with Crippen molar-refractivity contribution in [1.82, 2.24) is 5.32 Å². The number of rotatable bonds is 8. The van der Waals surface area contributed by atoms with Crippen LogP contribution in [0.4, 0.5) is 0 Å². The van der Waals surface area contributed by atoms with Gasteiger partial charge >= 0.3 is 0 Å². The summed E-state index contributed by atoms with van der Waals surface area (Å²) < 4.78 is 10.3. The van der Waals surface area contributed by atoms with Crippen LogP contribution in [0.5, 0.6) is 0 Å². The predicted molar refractivity (Wildman–Crippen MR) is 75.1 cm³/mol. The summed E-state index contributed by atoms with van der Waals surface area (Å²) in [6.07, 6.45) is 0. The molecular weight excluding hydrogens is 242 g/mol. The number of hydrogen-bond donors (Lipinski definition) is 1. The van der Waals surface area contributed by atoms with Crippen molar-refractivity contribution in [2.75, 3.05) is 26.9 Å². The highest BCUT2D eigenvalue weighted by Gasteiger charge is 2.04. The molecule has 0 heterocycles. The standard InChI is InChI=1S/C15H21NO3/c1-12(2)10-19-9-8-16-15(17)14-6-4-13(5-7-14)11-18-3/h4-7H,1,8-11H2,2-3H3,(H,16,17). The normalized spacial score (nSPS) is 10.2. The highest BCUT2D eigenvalue weighted by molar-refractivity contribution is 5.94. The van der Waals surface area contributed by atoms with E-state index in [1.165, 1.54) is 0 Å². The van der Waals surface area contributed by atoms with Gasteiger partial charge in [-0.15, -0.1) is 0 Å². The van der Waals surface area contributed by atoms with Gasteiger partial charge in [-0.25, -0.2) is 0 Å². The molecule has 1 aromatic carbocycles. The van der Waals surface area contributed by atoms with Crippen LogP contribution >= 0.6 is 0 Å². The number of nitrogens with one attached hydrogen (secondary N) is 1. The van der Waals surface area contributed by atoms with E-state index in [1.54, 1.807) is 19.2 Å². The minimum absolute atomic E-state index is 0.0945. The lowest BCUT2D eigenvalue weighted by molar-refractivity contribution is 0.0926. The number of amides is 1. The van der Waals surface area contributed by atoms with Crippen molar-refractivity contribution in [1.29, 1.82) is 0 Å². The van der Waals surface area contributed by atoms with E-state index < -0.39 is 0 Å². The summed E-state index contributed by atoms with van der Waals surface area (Å²) in [5.41, 5.74) is 2.66. The van der Waals surface area contributed by atoms with Crippen LogP contribution in [0.1, 0.15) is 22.8 Å². The van der Waals surface area contributed by atoms with Gasteiger partial charge in [-0.05, 0) is 24.6 Å². The van der Waals surface area contributed by atoms with Gasteiger partial charge in [-0.1, -0.05) is 24.3 Å². The Morgan fingerprint density at radius 3 is 2.58 bits per heavy atom. The van der Waals surface area contributed by atoms with Gasteiger partial charge in [0.15, 0.2) is 0 Å². The van der Waals surface area contributed by atoms with Gasteiger partial charge in [0.2, 0.25) is 0 Å². The average molecular weight is 263 g/mol. The largest absolute Gasteiger partial charge is 0.380 e. The van der Waals surface area contributed by atoms with Gasteiger partial charge in [0.05, 0.1) is 19.8 Å². The molecule has 0 aliphatic rings. The predicted octanol–water partition coefficient (Wildman–Crippen LogP) is 2.16. The molecule has 0 radical (unpaired) electrons. The Hall–Kier alpha value is -1.65. The minimum atomic E-state index is -0.0945. The molecule has 1 amide bonds. The SMILES string of the molecule is C=C(C)COCCNC(=O)c1ccc(COC)cc1. The van der Waals surface area contributed by atoms with E-state index in [9.17, 15) is 4.79 Å². The van der Waals surface area contributed by atoms with Crippen LogP contribution in [0.2, 0.25) is 0 Å². The zero-order valence-corrected chi connectivity index (χ0v) is 11.6. The lowest BCUT2D eigenvalue weighted by Gasteiger charge is -2.07. The molecule has 1 rings (SSSR count). The maximum Gasteiger partial charge on any atom is 0.251 e. The first kappa shape index (κ1) is 15.4. The zero-order chi connectivity index (χ0) is 14.1. The summed E-state index contributed by atoms with van der Waals surface area (Å²) in [4.78, 5) is 11.8. The van der Waals surface area contributed by atoms with Gasteiger partial charge in [0, 0.05) is 19.2 Å². The fraction of sp³-hybridized carbons (Fsp3) is 0.400. The van der Waals surface area contributed by atoms with E-state index in [2.05, 4.69) is 11.9 Å². The number of benzene rings is 1. The van der Waals surface area contributed by atoms with Crippen molar-refractivity contribution in [3.8, 4) is 0 Å².